The van der Waals surface area contributed by atoms with E-state index in [1.54, 1.807) is 0 Å². The number of nitro groups is 1. The summed E-state index contributed by atoms with van der Waals surface area (Å²) in [6, 6.07) is 0. The first-order valence-electron chi connectivity index (χ1n) is 7.31. The fourth-order valence-electron chi connectivity index (χ4n) is 1.98. The molecule has 0 aliphatic carbocycles. The molecule has 0 saturated carbocycles. The van der Waals surface area contributed by atoms with Gasteiger partial charge >= 0.3 is 5.97 Å². The molecule has 0 saturated heterocycles. The van der Waals surface area contributed by atoms with Gasteiger partial charge in [0.1, 0.15) is 0 Å². The first-order chi connectivity index (χ1) is 9.57. The van der Waals surface area contributed by atoms with E-state index in [0.717, 1.165) is 51.4 Å². The molecule has 0 aromatic carbocycles. The Morgan fingerprint density at radius 1 is 0.900 bits per heavy atom. The van der Waals surface area contributed by atoms with Crippen LogP contribution in [0.5, 0.6) is 0 Å². The van der Waals surface area contributed by atoms with Gasteiger partial charge in [-0.15, -0.1) is 0 Å². The van der Waals surface area contributed by atoms with Gasteiger partial charge < -0.3 is 4.74 Å². The molecule has 0 atom stereocenters. The van der Waals surface area contributed by atoms with Crippen molar-refractivity contribution in [2.45, 2.75) is 64.2 Å². The van der Waals surface area contributed by atoms with Crippen molar-refractivity contribution < 1.29 is 19.2 Å². The minimum absolute atomic E-state index is 0.0776. The maximum atomic E-state index is 11.1. The molecule has 0 aliphatic heterocycles. The van der Waals surface area contributed by atoms with E-state index in [9.17, 15) is 19.7 Å². The summed E-state index contributed by atoms with van der Waals surface area (Å²) in [6.45, 7) is 0.0776. The number of carbonyl (C=O) groups is 2. The smallest absolute Gasteiger partial charge is 0.374 e. The van der Waals surface area contributed by atoms with Crippen LogP contribution in [0.1, 0.15) is 64.2 Å². The topological polar surface area (TPSA) is 86.5 Å². The second-order valence-corrected chi connectivity index (χ2v) is 4.90. The lowest BCUT2D eigenvalue weighted by molar-refractivity contribution is -0.480. The van der Waals surface area contributed by atoms with Crippen molar-refractivity contribution >= 4 is 11.8 Å². The highest BCUT2D eigenvalue weighted by molar-refractivity contribution is 6.33. The second kappa shape index (κ2) is 12.6. The standard InChI is InChI=1S/C14H25NO5/c1-20-14(17)13(16)11-9-7-5-3-2-4-6-8-10-12-15(18)19/h2-12H2,1H3. The van der Waals surface area contributed by atoms with Crippen LogP contribution < -0.4 is 0 Å². The van der Waals surface area contributed by atoms with Gasteiger partial charge in [-0.3, -0.25) is 14.9 Å². The second-order valence-electron chi connectivity index (χ2n) is 4.90. The van der Waals surface area contributed by atoms with Crippen molar-refractivity contribution in [2.75, 3.05) is 13.7 Å². The van der Waals surface area contributed by atoms with Crippen molar-refractivity contribution in [2.24, 2.45) is 0 Å². The molecule has 6 nitrogen and oxygen atoms in total. The molecule has 0 radical (unpaired) electrons. The van der Waals surface area contributed by atoms with E-state index in [1.807, 2.05) is 0 Å². The van der Waals surface area contributed by atoms with Crippen LogP contribution in [0.3, 0.4) is 0 Å². The summed E-state index contributed by atoms with van der Waals surface area (Å²) >= 11 is 0. The van der Waals surface area contributed by atoms with Crippen LogP contribution in [0.25, 0.3) is 0 Å². The third-order valence-corrected chi connectivity index (χ3v) is 3.16. The van der Waals surface area contributed by atoms with Crippen molar-refractivity contribution in [3.8, 4) is 0 Å². The van der Waals surface area contributed by atoms with Crippen molar-refractivity contribution in [1.29, 1.82) is 0 Å². The van der Waals surface area contributed by atoms with Crippen molar-refractivity contribution in [3.05, 3.63) is 10.1 Å². The minimum atomic E-state index is -0.750. The zero-order chi connectivity index (χ0) is 15.2. The van der Waals surface area contributed by atoms with Crippen LogP contribution in [-0.2, 0) is 14.3 Å². The van der Waals surface area contributed by atoms with Crippen LogP contribution in [0.2, 0.25) is 0 Å². The molecule has 0 aromatic rings. The van der Waals surface area contributed by atoms with Crippen LogP contribution in [0.15, 0.2) is 0 Å². The lowest BCUT2D eigenvalue weighted by atomic mass is 10.1. The van der Waals surface area contributed by atoms with Crippen LogP contribution in [0, 0.1) is 10.1 Å². The van der Waals surface area contributed by atoms with Crippen LogP contribution >= 0.6 is 0 Å². The Hall–Kier alpha value is -1.46. The minimum Gasteiger partial charge on any atom is -0.463 e. The largest absolute Gasteiger partial charge is 0.463 e. The highest BCUT2D eigenvalue weighted by Crippen LogP contribution is 2.10. The number of methoxy groups -OCH3 is 1. The predicted molar refractivity (Wildman–Crippen MR) is 75.1 cm³/mol. The highest BCUT2D eigenvalue weighted by Gasteiger charge is 2.12. The summed E-state index contributed by atoms with van der Waals surface area (Å²) in [5.74, 6) is -1.20. The van der Waals surface area contributed by atoms with E-state index >= 15 is 0 Å². The van der Waals surface area contributed by atoms with Gasteiger partial charge in [-0.2, -0.15) is 0 Å². The first-order valence-corrected chi connectivity index (χ1v) is 7.31. The number of carbonyl (C=O) groups excluding carboxylic acids is 2. The number of esters is 1. The van der Waals surface area contributed by atoms with E-state index in [-0.39, 0.29) is 17.9 Å². The summed E-state index contributed by atoms with van der Waals surface area (Å²) in [5.41, 5.74) is 0. The number of Topliss-reactive ketones (excluding diaryl/α,β-unsaturated/α-hetero) is 1. The summed E-state index contributed by atoms with van der Waals surface area (Å²) in [4.78, 5) is 31.8. The molecule has 116 valence electrons. The molecule has 0 aliphatic rings. The maximum absolute atomic E-state index is 11.1. The molecule has 20 heavy (non-hydrogen) atoms. The number of hydrogen-bond donors (Lipinski definition) is 0. The number of nitrogens with zero attached hydrogens (tertiary/aromatic N) is 1. The lowest BCUT2D eigenvalue weighted by Gasteiger charge is -2.01. The normalized spacial score (nSPS) is 10.2. The molecule has 0 amide bonds. The lowest BCUT2D eigenvalue weighted by Crippen LogP contribution is -2.14. The third-order valence-electron chi connectivity index (χ3n) is 3.16. The molecular weight excluding hydrogens is 262 g/mol. The Kier molecular flexibility index (Phi) is 11.7. The van der Waals surface area contributed by atoms with Crippen LogP contribution in [0.4, 0.5) is 0 Å². The number of unbranched alkanes of at least 4 members (excludes halogenated alkanes) is 8. The molecule has 0 spiro atoms. The summed E-state index contributed by atoms with van der Waals surface area (Å²) in [6.07, 6.45) is 9.01. The molecule has 6 heteroatoms. The molecular formula is C14H25NO5. The van der Waals surface area contributed by atoms with E-state index < -0.39 is 11.8 Å². The number of ketones is 1. The summed E-state index contributed by atoms with van der Waals surface area (Å²) < 4.78 is 4.34. The average Bonchev–Trinajstić information content (AvgIpc) is 2.43. The number of rotatable bonds is 13. The molecule has 0 unspecified atom stereocenters. The van der Waals surface area contributed by atoms with Gasteiger partial charge in [0.2, 0.25) is 12.3 Å². The zero-order valence-corrected chi connectivity index (χ0v) is 12.3. The quantitative estimate of drug-likeness (QED) is 0.171. The van der Waals surface area contributed by atoms with Gasteiger partial charge in [-0.05, 0) is 12.8 Å². The highest BCUT2D eigenvalue weighted by atomic mass is 16.6. The molecule has 0 fully saturated rings. The fourth-order valence-corrected chi connectivity index (χ4v) is 1.98. The van der Waals surface area contributed by atoms with Gasteiger partial charge in [-0.1, -0.05) is 38.5 Å². The maximum Gasteiger partial charge on any atom is 0.374 e. The monoisotopic (exact) mass is 287 g/mol. The van der Waals surface area contributed by atoms with E-state index in [4.69, 9.17) is 0 Å². The third kappa shape index (κ3) is 11.6. The first kappa shape index (κ1) is 18.5. The molecule has 0 N–H and O–H groups in total. The van der Waals surface area contributed by atoms with E-state index in [0.29, 0.717) is 6.42 Å². The molecule has 0 heterocycles. The van der Waals surface area contributed by atoms with Gasteiger partial charge in [0, 0.05) is 17.8 Å². The Balaban J connectivity index is 3.19. The molecule has 0 bridgehead atoms. The van der Waals surface area contributed by atoms with Crippen LogP contribution in [-0.4, -0.2) is 30.3 Å². The Labute approximate surface area is 120 Å². The van der Waals surface area contributed by atoms with Gasteiger partial charge in [0.25, 0.3) is 0 Å². The molecule has 0 aromatic heterocycles. The Morgan fingerprint density at radius 2 is 1.35 bits per heavy atom. The Morgan fingerprint density at radius 3 is 1.80 bits per heavy atom. The average molecular weight is 287 g/mol. The van der Waals surface area contributed by atoms with Gasteiger partial charge in [0.05, 0.1) is 7.11 Å². The number of ether oxygens (including phenoxy) is 1. The van der Waals surface area contributed by atoms with Crippen molar-refractivity contribution in [3.63, 3.8) is 0 Å². The summed E-state index contributed by atoms with van der Waals surface area (Å²) in [5, 5.41) is 10.1. The number of hydrogen-bond acceptors (Lipinski definition) is 5. The van der Waals surface area contributed by atoms with E-state index in [1.165, 1.54) is 7.11 Å². The van der Waals surface area contributed by atoms with Crippen molar-refractivity contribution in [1.82, 2.24) is 0 Å². The van der Waals surface area contributed by atoms with Gasteiger partial charge in [-0.25, -0.2) is 4.79 Å². The van der Waals surface area contributed by atoms with Gasteiger partial charge in [0.15, 0.2) is 0 Å². The molecule has 0 rings (SSSR count). The summed E-state index contributed by atoms with van der Waals surface area (Å²) in [7, 11) is 1.21. The van der Waals surface area contributed by atoms with E-state index in [2.05, 4.69) is 4.74 Å². The fraction of sp³-hybridized carbons (Fsp3) is 0.857. The predicted octanol–water partition coefficient (Wildman–Crippen LogP) is 2.91. The SMILES string of the molecule is COC(=O)C(=O)CCCCCCCCCCC[N+](=O)[O-]. The Bertz CT molecular complexity index is 304. The zero-order valence-electron chi connectivity index (χ0n) is 12.3.